The molecule has 2 aliphatic rings. The lowest BCUT2D eigenvalue weighted by Crippen LogP contribution is -2.29. The molecule has 1 saturated carbocycles. The van der Waals surface area contributed by atoms with Gasteiger partial charge in [-0.3, -0.25) is 9.59 Å². The Morgan fingerprint density at radius 1 is 1.00 bits per heavy atom. The lowest BCUT2D eigenvalue weighted by Gasteiger charge is -2.28. The van der Waals surface area contributed by atoms with Crippen molar-refractivity contribution in [2.24, 2.45) is 5.92 Å². The fourth-order valence-corrected chi connectivity index (χ4v) is 3.52. The van der Waals surface area contributed by atoms with Crippen LogP contribution in [0.3, 0.4) is 0 Å². The molecule has 0 atom stereocenters. The molecule has 5 nitrogen and oxygen atoms in total. The molecule has 0 unspecified atom stereocenters. The topological polar surface area (TPSA) is 58.6 Å². The van der Waals surface area contributed by atoms with E-state index in [0.29, 0.717) is 0 Å². The summed E-state index contributed by atoms with van der Waals surface area (Å²) in [4.78, 5) is 26.1. The second kappa shape index (κ2) is 8.18. The number of piperidine rings is 1. The zero-order valence-electron chi connectivity index (χ0n) is 14.1. The molecule has 0 radical (unpaired) electrons. The summed E-state index contributed by atoms with van der Waals surface area (Å²) in [6.45, 7) is 1.99. The number of anilines is 2. The van der Waals surface area contributed by atoms with Crippen LogP contribution in [0.5, 0.6) is 0 Å². The van der Waals surface area contributed by atoms with E-state index in [4.69, 9.17) is 4.74 Å². The van der Waals surface area contributed by atoms with Crippen LogP contribution in [0, 0.1) is 5.92 Å². The Morgan fingerprint density at radius 2 is 1.67 bits per heavy atom. The van der Waals surface area contributed by atoms with Gasteiger partial charge in [-0.25, -0.2) is 0 Å². The molecule has 0 aromatic heterocycles. The fourth-order valence-electron chi connectivity index (χ4n) is 3.52. The van der Waals surface area contributed by atoms with Crippen molar-refractivity contribution >= 4 is 23.3 Å². The van der Waals surface area contributed by atoms with Crippen molar-refractivity contribution in [1.82, 2.24) is 0 Å². The second-order valence-electron chi connectivity index (χ2n) is 6.73. The highest BCUT2D eigenvalue weighted by molar-refractivity contribution is 5.93. The third kappa shape index (κ3) is 4.49. The average molecular weight is 330 g/mol. The molecule has 1 aliphatic carbocycles. The van der Waals surface area contributed by atoms with E-state index in [1.165, 1.54) is 24.9 Å². The standard InChI is InChI=1S/C19H26N2O3/c22-18(14-24-19(23)15-6-2-3-7-15)20-16-8-10-17(11-9-16)21-12-4-1-5-13-21/h8-11,15H,1-7,12-14H2,(H,20,22). The predicted octanol–water partition coefficient (Wildman–Crippen LogP) is 3.35. The van der Waals surface area contributed by atoms with Gasteiger partial charge in [-0.1, -0.05) is 12.8 Å². The largest absolute Gasteiger partial charge is 0.455 e. The van der Waals surface area contributed by atoms with Gasteiger partial charge in [0.15, 0.2) is 6.61 Å². The number of ether oxygens (including phenoxy) is 1. The molecule has 1 aromatic rings. The van der Waals surface area contributed by atoms with Gasteiger partial charge in [-0.15, -0.1) is 0 Å². The number of carbonyl (C=O) groups excluding carboxylic acids is 2. The van der Waals surface area contributed by atoms with Crippen LogP contribution < -0.4 is 10.2 Å². The Kier molecular flexibility index (Phi) is 5.72. The summed E-state index contributed by atoms with van der Waals surface area (Å²) in [6.07, 6.45) is 7.72. The molecule has 1 aliphatic heterocycles. The first kappa shape index (κ1) is 16.8. The molecule has 0 bridgehead atoms. The molecule has 1 amide bonds. The third-order valence-electron chi connectivity index (χ3n) is 4.91. The Hall–Kier alpha value is -2.04. The predicted molar refractivity (Wildman–Crippen MR) is 94.1 cm³/mol. The van der Waals surface area contributed by atoms with E-state index in [2.05, 4.69) is 10.2 Å². The highest BCUT2D eigenvalue weighted by atomic mass is 16.5. The van der Waals surface area contributed by atoms with Crippen molar-refractivity contribution in [3.8, 4) is 0 Å². The van der Waals surface area contributed by atoms with Crippen molar-refractivity contribution in [3.63, 3.8) is 0 Å². The molecule has 1 aromatic carbocycles. The number of amides is 1. The van der Waals surface area contributed by atoms with Gasteiger partial charge in [0.25, 0.3) is 5.91 Å². The van der Waals surface area contributed by atoms with E-state index in [1.54, 1.807) is 0 Å². The van der Waals surface area contributed by atoms with E-state index in [0.717, 1.165) is 44.5 Å². The van der Waals surface area contributed by atoms with Gasteiger partial charge in [0.2, 0.25) is 0 Å². The summed E-state index contributed by atoms with van der Waals surface area (Å²) < 4.78 is 5.12. The van der Waals surface area contributed by atoms with Crippen molar-refractivity contribution in [2.75, 3.05) is 29.9 Å². The Bertz CT molecular complexity index is 558. The maximum absolute atomic E-state index is 11.9. The van der Waals surface area contributed by atoms with Gasteiger partial charge >= 0.3 is 5.97 Å². The van der Waals surface area contributed by atoms with E-state index < -0.39 is 0 Å². The Balaban J connectivity index is 1.44. The van der Waals surface area contributed by atoms with Gasteiger partial charge in [0, 0.05) is 24.5 Å². The minimum Gasteiger partial charge on any atom is -0.455 e. The Morgan fingerprint density at radius 3 is 2.33 bits per heavy atom. The zero-order valence-corrected chi connectivity index (χ0v) is 14.1. The number of nitrogens with zero attached hydrogens (tertiary/aromatic N) is 1. The molecule has 24 heavy (non-hydrogen) atoms. The molecule has 0 spiro atoms. The van der Waals surface area contributed by atoms with E-state index in [-0.39, 0.29) is 24.4 Å². The molecule has 2 fully saturated rings. The number of hydrogen-bond donors (Lipinski definition) is 1. The van der Waals surface area contributed by atoms with Gasteiger partial charge in [0.1, 0.15) is 0 Å². The number of nitrogens with one attached hydrogen (secondary N) is 1. The van der Waals surface area contributed by atoms with E-state index >= 15 is 0 Å². The molecule has 1 heterocycles. The van der Waals surface area contributed by atoms with Crippen molar-refractivity contribution in [1.29, 1.82) is 0 Å². The summed E-state index contributed by atoms with van der Waals surface area (Å²) in [6, 6.07) is 7.87. The van der Waals surface area contributed by atoms with Crippen LogP contribution in [0.25, 0.3) is 0 Å². The summed E-state index contributed by atoms with van der Waals surface area (Å²) in [5.74, 6) is -0.531. The highest BCUT2D eigenvalue weighted by Gasteiger charge is 2.24. The normalized spacial score (nSPS) is 18.4. The molecule has 1 N–H and O–H groups in total. The first-order chi connectivity index (χ1) is 11.7. The van der Waals surface area contributed by atoms with Gasteiger partial charge in [0.05, 0.1) is 5.92 Å². The smallest absolute Gasteiger partial charge is 0.309 e. The number of hydrogen-bond acceptors (Lipinski definition) is 4. The number of rotatable bonds is 5. The van der Waals surface area contributed by atoms with Crippen LogP contribution >= 0.6 is 0 Å². The quantitative estimate of drug-likeness (QED) is 0.841. The first-order valence-corrected chi connectivity index (χ1v) is 9.04. The lowest BCUT2D eigenvalue weighted by molar-refractivity contribution is -0.151. The van der Waals surface area contributed by atoms with Crippen molar-refractivity contribution in [2.45, 2.75) is 44.9 Å². The highest BCUT2D eigenvalue weighted by Crippen LogP contribution is 2.25. The van der Waals surface area contributed by atoms with Crippen molar-refractivity contribution in [3.05, 3.63) is 24.3 Å². The summed E-state index contributed by atoms with van der Waals surface area (Å²) in [5, 5.41) is 2.78. The summed E-state index contributed by atoms with van der Waals surface area (Å²) in [7, 11) is 0. The fraction of sp³-hybridized carbons (Fsp3) is 0.579. The zero-order chi connectivity index (χ0) is 16.8. The lowest BCUT2D eigenvalue weighted by atomic mass is 10.1. The van der Waals surface area contributed by atoms with Crippen LogP contribution in [-0.2, 0) is 14.3 Å². The van der Waals surface area contributed by atoms with Crippen LogP contribution in [0.1, 0.15) is 44.9 Å². The monoisotopic (exact) mass is 330 g/mol. The molecule has 130 valence electrons. The van der Waals surface area contributed by atoms with Crippen LogP contribution in [0.2, 0.25) is 0 Å². The number of carbonyl (C=O) groups is 2. The second-order valence-corrected chi connectivity index (χ2v) is 6.73. The molecular weight excluding hydrogens is 304 g/mol. The van der Waals surface area contributed by atoms with E-state index in [1.807, 2.05) is 24.3 Å². The van der Waals surface area contributed by atoms with Crippen LogP contribution in [-0.4, -0.2) is 31.6 Å². The summed E-state index contributed by atoms with van der Waals surface area (Å²) >= 11 is 0. The molecule has 5 heteroatoms. The van der Waals surface area contributed by atoms with Crippen LogP contribution in [0.4, 0.5) is 11.4 Å². The minimum absolute atomic E-state index is 0.0124. The maximum atomic E-state index is 11.9. The average Bonchev–Trinajstić information content (AvgIpc) is 3.16. The van der Waals surface area contributed by atoms with Gasteiger partial charge in [-0.05, 0) is 56.4 Å². The van der Waals surface area contributed by atoms with E-state index in [9.17, 15) is 9.59 Å². The van der Waals surface area contributed by atoms with Gasteiger partial charge in [-0.2, -0.15) is 0 Å². The molecule has 3 rings (SSSR count). The third-order valence-corrected chi connectivity index (χ3v) is 4.91. The maximum Gasteiger partial charge on any atom is 0.309 e. The van der Waals surface area contributed by atoms with Crippen LogP contribution in [0.15, 0.2) is 24.3 Å². The van der Waals surface area contributed by atoms with Gasteiger partial charge < -0.3 is 15.0 Å². The SMILES string of the molecule is O=C(COC(=O)C1CCCC1)Nc1ccc(N2CCCCC2)cc1. The summed E-state index contributed by atoms with van der Waals surface area (Å²) in [5.41, 5.74) is 1.93. The Labute approximate surface area is 143 Å². The number of benzene rings is 1. The minimum atomic E-state index is -0.285. The molecular formula is C19H26N2O3. The molecule has 1 saturated heterocycles. The number of esters is 1. The first-order valence-electron chi connectivity index (χ1n) is 9.04. The van der Waals surface area contributed by atoms with Crippen molar-refractivity contribution < 1.29 is 14.3 Å².